The van der Waals surface area contributed by atoms with Crippen molar-refractivity contribution >= 4 is 0 Å². The molecule has 1 saturated heterocycles. The lowest BCUT2D eigenvalue weighted by Crippen LogP contribution is -2.41. The van der Waals surface area contributed by atoms with Crippen molar-refractivity contribution in [3.63, 3.8) is 0 Å². The summed E-state index contributed by atoms with van der Waals surface area (Å²) in [4.78, 5) is 4.72. The van der Waals surface area contributed by atoms with Gasteiger partial charge in [0, 0.05) is 31.7 Å². The number of hydrogen-bond acceptors (Lipinski definition) is 3. The minimum Gasteiger partial charge on any atom is -0.298 e. The van der Waals surface area contributed by atoms with Crippen LogP contribution in [0.4, 0.5) is 0 Å². The molecule has 0 aromatic rings. The van der Waals surface area contributed by atoms with Gasteiger partial charge in [-0.2, -0.15) is 5.26 Å². The molecule has 1 fully saturated rings. The molecule has 0 saturated carbocycles. The van der Waals surface area contributed by atoms with E-state index in [1.807, 2.05) is 6.08 Å². The van der Waals surface area contributed by atoms with Crippen LogP contribution in [0, 0.1) is 11.3 Å². The molecular weight excluding hydrogens is 186 g/mol. The fraction of sp³-hybridized carbons (Fsp3) is 0.750. The minimum atomic E-state index is 0.368. The van der Waals surface area contributed by atoms with Crippen molar-refractivity contribution in [1.29, 1.82) is 5.26 Å². The van der Waals surface area contributed by atoms with E-state index in [4.69, 9.17) is 5.26 Å². The van der Waals surface area contributed by atoms with E-state index in [2.05, 4.69) is 36.4 Å². The van der Waals surface area contributed by atoms with E-state index in [1.54, 1.807) is 0 Å². The fourth-order valence-electron chi connectivity index (χ4n) is 2.11. The number of hydrogen-bond donors (Lipinski definition) is 0. The zero-order valence-electron chi connectivity index (χ0n) is 9.82. The third-order valence-corrected chi connectivity index (χ3v) is 3.32. The van der Waals surface area contributed by atoms with E-state index in [0.29, 0.717) is 18.5 Å². The summed E-state index contributed by atoms with van der Waals surface area (Å²) in [7, 11) is 2.13. The average molecular weight is 207 g/mol. The molecule has 0 aliphatic carbocycles. The van der Waals surface area contributed by atoms with Gasteiger partial charge >= 0.3 is 0 Å². The van der Waals surface area contributed by atoms with E-state index in [9.17, 15) is 0 Å². The summed E-state index contributed by atoms with van der Waals surface area (Å²) >= 11 is 0. The zero-order chi connectivity index (χ0) is 11.3. The molecule has 1 heterocycles. The summed E-state index contributed by atoms with van der Waals surface area (Å²) in [6, 6.07) is 3.22. The maximum atomic E-state index is 8.82. The topological polar surface area (TPSA) is 30.3 Å². The zero-order valence-corrected chi connectivity index (χ0v) is 9.82. The highest BCUT2D eigenvalue weighted by Crippen LogP contribution is 2.16. The monoisotopic (exact) mass is 207 g/mol. The lowest BCUT2D eigenvalue weighted by molar-refractivity contribution is 0.182. The Morgan fingerprint density at radius 2 is 2.33 bits per heavy atom. The van der Waals surface area contributed by atoms with Gasteiger partial charge < -0.3 is 0 Å². The summed E-state index contributed by atoms with van der Waals surface area (Å²) in [6.07, 6.45) is 3.74. The maximum absolute atomic E-state index is 8.82. The first-order valence-electron chi connectivity index (χ1n) is 5.61. The maximum Gasteiger partial charge on any atom is 0.0638 e. The lowest BCUT2D eigenvalue weighted by Gasteiger charge is -2.29. The molecule has 1 rings (SSSR count). The summed E-state index contributed by atoms with van der Waals surface area (Å²) in [5.74, 6) is 0. The third kappa shape index (κ3) is 3.33. The molecule has 0 bridgehead atoms. The smallest absolute Gasteiger partial charge is 0.0638 e. The molecule has 3 heteroatoms. The quantitative estimate of drug-likeness (QED) is 0.657. The van der Waals surface area contributed by atoms with E-state index < -0.39 is 0 Å². The van der Waals surface area contributed by atoms with Crippen LogP contribution < -0.4 is 0 Å². The van der Waals surface area contributed by atoms with Crippen LogP contribution in [0.25, 0.3) is 0 Å². The highest BCUT2D eigenvalue weighted by Gasteiger charge is 2.25. The molecule has 15 heavy (non-hydrogen) atoms. The van der Waals surface area contributed by atoms with Crippen molar-refractivity contribution in [2.24, 2.45) is 0 Å². The molecule has 0 aromatic carbocycles. The standard InChI is InChI=1S/C12H21N3/c1-4-8-15-9-6-11(2)14(3)12(10-15)5-7-13/h4,11-12H,1,5-6,8-10H2,2-3H3. The van der Waals surface area contributed by atoms with Crippen molar-refractivity contribution < 1.29 is 0 Å². The molecule has 84 valence electrons. The predicted molar refractivity (Wildman–Crippen MR) is 62.5 cm³/mol. The Hall–Kier alpha value is -0.850. The SMILES string of the molecule is C=CCN1CCC(C)N(C)C(CC#N)C1. The minimum absolute atomic E-state index is 0.368. The normalized spacial score (nSPS) is 29.4. The van der Waals surface area contributed by atoms with Crippen molar-refractivity contribution in [3.8, 4) is 6.07 Å². The highest BCUT2D eigenvalue weighted by atomic mass is 15.2. The van der Waals surface area contributed by atoms with Gasteiger partial charge in [-0.15, -0.1) is 6.58 Å². The van der Waals surface area contributed by atoms with E-state index in [0.717, 1.165) is 19.6 Å². The van der Waals surface area contributed by atoms with Crippen LogP contribution in [0.5, 0.6) is 0 Å². The van der Waals surface area contributed by atoms with E-state index in [1.165, 1.54) is 6.42 Å². The van der Waals surface area contributed by atoms with Gasteiger partial charge in [-0.25, -0.2) is 0 Å². The molecule has 0 N–H and O–H groups in total. The van der Waals surface area contributed by atoms with E-state index >= 15 is 0 Å². The van der Waals surface area contributed by atoms with Crippen LogP contribution in [0.1, 0.15) is 19.8 Å². The Morgan fingerprint density at radius 1 is 1.60 bits per heavy atom. The average Bonchev–Trinajstić information content (AvgIpc) is 2.34. The van der Waals surface area contributed by atoms with Gasteiger partial charge in [-0.1, -0.05) is 6.08 Å². The number of nitrogens with zero attached hydrogens (tertiary/aromatic N) is 3. The second kappa shape index (κ2) is 5.89. The second-order valence-electron chi connectivity index (χ2n) is 4.37. The molecule has 1 aliphatic heterocycles. The van der Waals surface area contributed by atoms with Gasteiger partial charge in [0.2, 0.25) is 0 Å². The van der Waals surface area contributed by atoms with Crippen molar-refractivity contribution in [1.82, 2.24) is 9.80 Å². The Bertz CT molecular complexity index is 244. The number of nitriles is 1. The summed E-state index contributed by atoms with van der Waals surface area (Å²) < 4.78 is 0. The largest absolute Gasteiger partial charge is 0.298 e. The first kappa shape index (κ1) is 12.2. The van der Waals surface area contributed by atoms with Crippen LogP contribution in [0.15, 0.2) is 12.7 Å². The molecule has 1 aliphatic rings. The third-order valence-electron chi connectivity index (χ3n) is 3.32. The number of rotatable bonds is 3. The summed E-state index contributed by atoms with van der Waals surface area (Å²) in [6.45, 7) is 9.04. The molecule has 0 radical (unpaired) electrons. The van der Waals surface area contributed by atoms with Crippen molar-refractivity contribution in [3.05, 3.63) is 12.7 Å². The van der Waals surface area contributed by atoms with Crippen molar-refractivity contribution in [2.45, 2.75) is 31.8 Å². The van der Waals surface area contributed by atoms with Crippen LogP contribution in [-0.2, 0) is 0 Å². The van der Waals surface area contributed by atoms with Crippen LogP contribution in [-0.4, -0.2) is 48.6 Å². The summed E-state index contributed by atoms with van der Waals surface area (Å²) in [5, 5.41) is 8.82. The molecular formula is C12H21N3. The van der Waals surface area contributed by atoms with Crippen molar-refractivity contribution in [2.75, 3.05) is 26.7 Å². The Balaban J connectivity index is 2.64. The van der Waals surface area contributed by atoms with Gasteiger partial charge in [0.15, 0.2) is 0 Å². The molecule has 0 aromatic heterocycles. The Labute approximate surface area is 93.0 Å². The highest BCUT2D eigenvalue weighted by molar-refractivity contribution is 4.90. The Morgan fingerprint density at radius 3 is 2.93 bits per heavy atom. The number of likely N-dealkylation sites (N-methyl/N-ethyl adjacent to an activating group) is 1. The molecule has 2 atom stereocenters. The van der Waals surface area contributed by atoms with Gasteiger partial charge in [-0.3, -0.25) is 9.80 Å². The van der Waals surface area contributed by atoms with Gasteiger partial charge in [-0.05, 0) is 20.4 Å². The second-order valence-corrected chi connectivity index (χ2v) is 4.37. The fourth-order valence-corrected chi connectivity index (χ4v) is 2.11. The predicted octanol–water partition coefficient (Wildman–Crippen LogP) is 1.48. The first-order chi connectivity index (χ1) is 7.19. The first-order valence-corrected chi connectivity index (χ1v) is 5.61. The molecule has 3 nitrogen and oxygen atoms in total. The summed E-state index contributed by atoms with van der Waals surface area (Å²) in [5.41, 5.74) is 0. The van der Waals surface area contributed by atoms with Crippen LogP contribution in [0.3, 0.4) is 0 Å². The van der Waals surface area contributed by atoms with Gasteiger partial charge in [0.25, 0.3) is 0 Å². The van der Waals surface area contributed by atoms with Crippen LogP contribution >= 0.6 is 0 Å². The lowest BCUT2D eigenvalue weighted by atomic mass is 10.1. The molecule has 2 unspecified atom stereocenters. The van der Waals surface area contributed by atoms with Gasteiger partial charge in [0.1, 0.15) is 0 Å². The van der Waals surface area contributed by atoms with E-state index in [-0.39, 0.29) is 0 Å². The Kier molecular flexibility index (Phi) is 4.80. The molecule has 0 amide bonds. The van der Waals surface area contributed by atoms with Crippen LogP contribution in [0.2, 0.25) is 0 Å². The van der Waals surface area contributed by atoms with Gasteiger partial charge in [0.05, 0.1) is 12.5 Å². The molecule has 0 spiro atoms.